The van der Waals surface area contributed by atoms with E-state index in [0.717, 1.165) is 44.6 Å². The molecule has 5 nitrogen and oxygen atoms in total. The summed E-state index contributed by atoms with van der Waals surface area (Å²) < 4.78 is 0. The summed E-state index contributed by atoms with van der Waals surface area (Å²) in [6, 6.07) is 15.4. The summed E-state index contributed by atoms with van der Waals surface area (Å²) >= 11 is 0. The van der Waals surface area contributed by atoms with E-state index in [0.29, 0.717) is 17.2 Å². The molecule has 0 spiro atoms. The zero-order chi connectivity index (χ0) is 18.4. The summed E-state index contributed by atoms with van der Waals surface area (Å²) in [5.74, 6) is 0.0579. The predicted octanol–water partition coefficient (Wildman–Crippen LogP) is 3.08. The van der Waals surface area contributed by atoms with Crippen LogP contribution >= 0.6 is 0 Å². The first-order chi connectivity index (χ1) is 12.7. The van der Waals surface area contributed by atoms with Gasteiger partial charge in [0.05, 0.1) is 17.3 Å². The molecule has 1 aromatic carbocycles. The van der Waals surface area contributed by atoms with Gasteiger partial charge in [-0.2, -0.15) is 5.26 Å². The number of amides is 1. The first kappa shape index (κ1) is 18.1. The number of hydrogen-bond acceptors (Lipinski definition) is 4. The third kappa shape index (κ3) is 4.47. The van der Waals surface area contributed by atoms with Gasteiger partial charge < -0.3 is 4.90 Å². The fourth-order valence-electron chi connectivity index (χ4n) is 3.47. The van der Waals surface area contributed by atoms with E-state index in [9.17, 15) is 4.79 Å². The molecule has 5 heteroatoms. The van der Waals surface area contributed by atoms with Gasteiger partial charge in [-0.05, 0) is 62.7 Å². The van der Waals surface area contributed by atoms with Crippen LogP contribution in [-0.2, 0) is 6.54 Å². The van der Waals surface area contributed by atoms with E-state index in [1.807, 2.05) is 29.3 Å². The van der Waals surface area contributed by atoms with Gasteiger partial charge in [0.1, 0.15) is 0 Å². The maximum absolute atomic E-state index is 12.7. The average Bonchev–Trinajstić information content (AvgIpc) is 2.94. The highest BCUT2D eigenvalue weighted by Gasteiger charge is 2.24. The molecule has 0 radical (unpaired) electrons. The Bertz CT molecular complexity index is 767. The first-order valence-electron chi connectivity index (χ1n) is 9.07. The number of likely N-dealkylation sites (tertiary alicyclic amines) is 1. The number of rotatable bonds is 4. The molecule has 2 heterocycles. The second-order valence-electron chi connectivity index (χ2n) is 6.80. The van der Waals surface area contributed by atoms with Crippen molar-refractivity contribution in [3.05, 3.63) is 65.5 Å². The molecule has 1 atom stereocenters. The van der Waals surface area contributed by atoms with Crippen molar-refractivity contribution in [2.45, 2.75) is 31.8 Å². The van der Waals surface area contributed by atoms with Gasteiger partial charge >= 0.3 is 0 Å². The molecule has 1 aliphatic rings. The number of carbonyl (C=O) groups excluding carboxylic acids is 1. The van der Waals surface area contributed by atoms with E-state index in [-0.39, 0.29) is 5.91 Å². The summed E-state index contributed by atoms with van der Waals surface area (Å²) in [6.45, 7) is 2.37. The lowest BCUT2D eigenvalue weighted by molar-refractivity contribution is 0.0757. The number of hydrogen-bond donors (Lipinski definition) is 0. The molecule has 0 bridgehead atoms. The molecule has 1 amide bonds. The Balaban J connectivity index is 1.58. The molecule has 1 fully saturated rings. The molecular weight excluding hydrogens is 324 g/mol. The molecule has 0 N–H and O–H groups in total. The normalized spacial score (nSPS) is 17.6. The van der Waals surface area contributed by atoms with Crippen molar-refractivity contribution in [2.75, 3.05) is 20.1 Å². The molecule has 1 unspecified atom stereocenters. The van der Waals surface area contributed by atoms with Crippen molar-refractivity contribution < 1.29 is 4.79 Å². The Labute approximate surface area is 154 Å². The van der Waals surface area contributed by atoms with E-state index < -0.39 is 0 Å². The van der Waals surface area contributed by atoms with Gasteiger partial charge in [-0.25, -0.2) is 0 Å². The number of nitriles is 1. The zero-order valence-electron chi connectivity index (χ0n) is 15.1. The number of benzene rings is 1. The summed E-state index contributed by atoms with van der Waals surface area (Å²) in [7, 11) is 2.14. The summed E-state index contributed by atoms with van der Waals surface area (Å²) in [5.41, 5.74) is 2.31. The molecule has 0 saturated carbocycles. The second kappa shape index (κ2) is 8.59. The van der Waals surface area contributed by atoms with Gasteiger partial charge in [-0.1, -0.05) is 6.07 Å². The van der Waals surface area contributed by atoms with Crippen LogP contribution in [0.1, 0.15) is 40.9 Å². The number of aromatic nitrogens is 1. The molecule has 1 aromatic heterocycles. The van der Waals surface area contributed by atoms with Crippen LogP contribution in [0.5, 0.6) is 0 Å². The molecule has 0 aliphatic carbocycles. The Hall–Kier alpha value is -2.71. The van der Waals surface area contributed by atoms with E-state index >= 15 is 0 Å². The largest absolute Gasteiger partial charge is 0.339 e. The van der Waals surface area contributed by atoms with E-state index in [2.05, 4.69) is 23.0 Å². The lowest BCUT2D eigenvalue weighted by atomic mass is 10.1. The molecule has 3 rings (SSSR count). The lowest BCUT2D eigenvalue weighted by Crippen LogP contribution is -2.35. The second-order valence-corrected chi connectivity index (χ2v) is 6.80. The first-order valence-corrected chi connectivity index (χ1v) is 9.07. The van der Waals surface area contributed by atoms with Crippen molar-refractivity contribution >= 4 is 5.91 Å². The van der Waals surface area contributed by atoms with Crippen molar-refractivity contribution in [1.82, 2.24) is 14.8 Å². The minimum absolute atomic E-state index is 0.0579. The summed E-state index contributed by atoms with van der Waals surface area (Å²) in [6.07, 6.45) is 4.87. The SMILES string of the molecule is CN(Cc1ccccn1)C1CCCN(C(=O)c2ccc(C#N)cc2)CC1. The number of carbonyl (C=O) groups is 1. The van der Waals surface area contributed by atoms with Gasteiger partial charge in [0.15, 0.2) is 0 Å². The Morgan fingerprint density at radius 3 is 2.73 bits per heavy atom. The third-order valence-electron chi connectivity index (χ3n) is 5.01. The molecule has 1 saturated heterocycles. The van der Waals surface area contributed by atoms with Crippen molar-refractivity contribution in [2.24, 2.45) is 0 Å². The van der Waals surface area contributed by atoms with Crippen LogP contribution < -0.4 is 0 Å². The highest BCUT2D eigenvalue weighted by molar-refractivity contribution is 5.94. The molecule has 2 aromatic rings. The van der Waals surface area contributed by atoms with Gasteiger partial charge in [0.25, 0.3) is 5.91 Å². The highest BCUT2D eigenvalue weighted by Crippen LogP contribution is 2.19. The Morgan fingerprint density at radius 1 is 1.23 bits per heavy atom. The van der Waals surface area contributed by atoms with E-state index in [4.69, 9.17) is 5.26 Å². The van der Waals surface area contributed by atoms with Gasteiger partial charge in [-0.15, -0.1) is 0 Å². The van der Waals surface area contributed by atoms with Crippen molar-refractivity contribution in [1.29, 1.82) is 5.26 Å². The lowest BCUT2D eigenvalue weighted by Gasteiger charge is -2.27. The minimum atomic E-state index is 0.0579. The smallest absolute Gasteiger partial charge is 0.253 e. The fourth-order valence-corrected chi connectivity index (χ4v) is 3.47. The van der Waals surface area contributed by atoms with Crippen LogP contribution in [-0.4, -0.2) is 46.9 Å². The molecule has 1 aliphatic heterocycles. The topological polar surface area (TPSA) is 60.2 Å². The number of nitrogens with zero attached hydrogens (tertiary/aromatic N) is 4. The predicted molar refractivity (Wildman–Crippen MR) is 100 cm³/mol. The zero-order valence-corrected chi connectivity index (χ0v) is 15.1. The van der Waals surface area contributed by atoms with Crippen LogP contribution in [0.25, 0.3) is 0 Å². The summed E-state index contributed by atoms with van der Waals surface area (Å²) in [4.78, 5) is 21.4. The third-order valence-corrected chi connectivity index (χ3v) is 5.01. The van der Waals surface area contributed by atoms with Crippen LogP contribution in [0.15, 0.2) is 48.7 Å². The quantitative estimate of drug-likeness (QED) is 0.852. The van der Waals surface area contributed by atoms with Crippen molar-refractivity contribution in [3.8, 4) is 6.07 Å². The van der Waals surface area contributed by atoms with Crippen molar-refractivity contribution in [3.63, 3.8) is 0 Å². The van der Waals surface area contributed by atoms with E-state index in [1.165, 1.54) is 0 Å². The highest BCUT2D eigenvalue weighted by atomic mass is 16.2. The fraction of sp³-hybridized carbons (Fsp3) is 0.381. The Kier molecular flexibility index (Phi) is 5.98. The van der Waals surface area contributed by atoms with Crippen LogP contribution in [0.4, 0.5) is 0 Å². The monoisotopic (exact) mass is 348 g/mol. The van der Waals surface area contributed by atoms with Crippen LogP contribution in [0.3, 0.4) is 0 Å². The number of pyridine rings is 1. The van der Waals surface area contributed by atoms with Crippen LogP contribution in [0, 0.1) is 11.3 Å². The summed E-state index contributed by atoms with van der Waals surface area (Å²) in [5, 5.41) is 8.89. The average molecular weight is 348 g/mol. The molecule has 26 heavy (non-hydrogen) atoms. The van der Waals surface area contributed by atoms with Gasteiger partial charge in [0, 0.05) is 37.4 Å². The Morgan fingerprint density at radius 2 is 2.04 bits per heavy atom. The van der Waals surface area contributed by atoms with E-state index in [1.54, 1.807) is 24.3 Å². The van der Waals surface area contributed by atoms with Crippen LogP contribution in [0.2, 0.25) is 0 Å². The van der Waals surface area contributed by atoms with Gasteiger partial charge in [0.2, 0.25) is 0 Å². The maximum atomic E-state index is 12.7. The minimum Gasteiger partial charge on any atom is -0.339 e. The molecular formula is C21H24N4O. The maximum Gasteiger partial charge on any atom is 0.253 e. The standard InChI is InChI=1S/C21H24N4O/c1-24(16-19-5-2-3-12-23-19)20-6-4-13-25(14-11-20)21(26)18-9-7-17(15-22)8-10-18/h2-3,5,7-10,12,20H,4,6,11,13-14,16H2,1H3. The van der Waals surface area contributed by atoms with Gasteiger partial charge in [-0.3, -0.25) is 14.7 Å². The molecule has 134 valence electrons.